The first-order valence-corrected chi connectivity index (χ1v) is 8.09. The minimum absolute atomic E-state index is 0.510. The van der Waals surface area contributed by atoms with E-state index in [0.29, 0.717) is 0 Å². The predicted octanol–water partition coefficient (Wildman–Crippen LogP) is 3.92. The summed E-state index contributed by atoms with van der Waals surface area (Å²) < 4.78 is 4.62. The van der Waals surface area contributed by atoms with Crippen LogP contribution in [0.1, 0.15) is 38.2 Å². The number of rotatable bonds is 9. The predicted molar refractivity (Wildman–Crippen MR) is 94.1 cm³/mol. The molecule has 0 radical (unpaired) electrons. The van der Waals surface area contributed by atoms with Crippen LogP contribution in [0.3, 0.4) is 0 Å². The third kappa shape index (κ3) is 8.21. The Balaban J connectivity index is 2.65. The smallest absolute Gasteiger partial charge is 0.407 e. The summed E-state index contributed by atoms with van der Waals surface area (Å²) in [7, 11) is 1.31. The van der Waals surface area contributed by atoms with E-state index in [1.807, 2.05) is 48.6 Å². The number of methoxy groups -OCH3 is 1. The molecule has 4 nitrogen and oxygen atoms in total. The van der Waals surface area contributed by atoms with Crippen LogP contribution in [-0.4, -0.2) is 30.5 Å². The van der Waals surface area contributed by atoms with Crippen LogP contribution < -0.4 is 5.32 Å². The lowest BCUT2D eigenvalue weighted by molar-refractivity contribution is 0.149. The van der Waals surface area contributed by atoms with Crippen LogP contribution in [0.4, 0.5) is 4.79 Å². The molecular weight excluding hydrogens is 290 g/mol. The third-order valence-electron chi connectivity index (χ3n) is 3.44. The Morgan fingerprint density at radius 3 is 2.65 bits per heavy atom. The molecule has 0 aromatic heterocycles. The number of amides is 1. The van der Waals surface area contributed by atoms with Gasteiger partial charge in [0.15, 0.2) is 0 Å². The van der Waals surface area contributed by atoms with Gasteiger partial charge in [0.25, 0.3) is 0 Å². The van der Waals surface area contributed by atoms with Crippen molar-refractivity contribution in [2.24, 2.45) is 0 Å². The Kier molecular flexibility index (Phi) is 9.48. The number of allylic oxidation sites excluding steroid dienone is 1. The molecule has 1 amide bonds. The van der Waals surface area contributed by atoms with Crippen molar-refractivity contribution in [3.63, 3.8) is 0 Å². The van der Waals surface area contributed by atoms with E-state index in [-0.39, 0.29) is 0 Å². The minimum atomic E-state index is -0.822. The Morgan fingerprint density at radius 1 is 1.26 bits per heavy atom. The fourth-order valence-corrected chi connectivity index (χ4v) is 2.09. The maximum Gasteiger partial charge on any atom is 0.407 e. The van der Waals surface area contributed by atoms with Gasteiger partial charge in [-0.25, -0.2) is 4.79 Å². The molecule has 0 bridgehead atoms. The first kappa shape index (κ1) is 19.0. The van der Waals surface area contributed by atoms with Crippen LogP contribution in [0.2, 0.25) is 0 Å². The maximum atomic E-state index is 11.4. The lowest BCUT2D eigenvalue weighted by Gasteiger charge is -2.18. The average molecular weight is 317 g/mol. The second-order valence-electron chi connectivity index (χ2n) is 5.35. The lowest BCUT2D eigenvalue weighted by atomic mass is 10.1. The van der Waals surface area contributed by atoms with Crippen LogP contribution in [-0.2, 0) is 4.74 Å². The Hall–Kier alpha value is -2.07. The molecule has 0 aliphatic rings. The molecule has 1 aromatic rings. The summed E-state index contributed by atoms with van der Waals surface area (Å²) in [5, 5.41) is 13.0. The lowest BCUT2D eigenvalue weighted by Crippen LogP contribution is -2.41. The Morgan fingerprint density at radius 2 is 2.00 bits per heavy atom. The monoisotopic (exact) mass is 317 g/mol. The van der Waals surface area contributed by atoms with Gasteiger partial charge in [-0.1, -0.05) is 74.4 Å². The molecule has 1 aromatic carbocycles. The van der Waals surface area contributed by atoms with E-state index in [1.165, 1.54) is 20.0 Å². The molecule has 0 saturated heterocycles. The van der Waals surface area contributed by atoms with Gasteiger partial charge in [0, 0.05) is 0 Å². The molecule has 0 aliphatic carbocycles. The van der Waals surface area contributed by atoms with Crippen LogP contribution >= 0.6 is 0 Å². The molecule has 0 spiro atoms. The molecule has 0 unspecified atom stereocenters. The number of carbonyl (C=O) groups excluding carboxylic acids is 1. The Bertz CT molecular complexity index is 497. The number of benzene rings is 1. The quantitative estimate of drug-likeness (QED) is 0.536. The molecule has 23 heavy (non-hydrogen) atoms. The largest absolute Gasteiger partial charge is 0.453 e. The highest BCUT2D eigenvalue weighted by Gasteiger charge is 2.16. The zero-order chi connectivity index (χ0) is 16.9. The molecule has 1 rings (SSSR count). The summed E-state index contributed by atoms with van der Waals surface area (Å²) in [4.78, 5) is 11.4. The number of aliphatic hydroxyl groups is 1. The van der Waals surface area contributed by atoms with Gasteiger partial charge in [0.1, 0.15) is 0 Å². The van der Waals surface area contributed by atoms with Crippen molar-refractivity contribution < 1.29 is 14.6 Å². The summed E-state index contributed by atoms with van der Waals surface area (Å²) in [6.45, 7) is 2.16. The standard InChI is InChI=1S/C19H27NO3/c1-3-4-5-6-10-13-17(20-19(22)23-2)18(21)15-14-16-11-8-7-9-12-16/h7-15,17-18,21H,3-6H2,1-2H3,(H,20,22)/b13-10-,15-14+/t17-,18+/m1/s1. The molecule has 2 atom stereocenters. The maximum absolute atomic E-state index is 11.4. The van der Waals surface area contributed by atoms with Crippen LogP contribution in [0, 0.1) is 0 Å². The Labute approximate surface area is 138 Å². The second-order valence-corrected chi connectivity index (χ2v) is 5.35. The number of carbonyl (C=O) groups is 1. The van der Waals surface area contributed by atoms with E-state index in [2.05, 4.69) is 17.0 Å². The number of hydrogen-bond acceptors (Lipinski definition) is 3. The topological polar surface area (TPSA) is 58.6 Å². The van der Waals surface area contributed by atoms with Crippen molar-refractivity contribution >= 4 is 12.2 Å². The van der Waals surface area contributed by atoms with E-state index in [9.17, 15) is 9.90 Å². The normalized spacial score (nSPS) is 14.0. The van der Waals surface area contributed by atoms with Crippen molar-refractivity contribution in [2.75, 3.05) is 7.11 Å². The van der Waals surface area contributed by atoms with Crippen LogP contribution in [0.5, 0.6) is 0 Å². The highest BCUT2D eigenvalue weighted by atomic mass is 16.5. The highest BCUT2D eigenvalue weighted by Crippen LogP contribution is 2.07. The SMILES string of the molecule is CCCCC/C=C\[C@@H](NC(=O)OC)[C@@H](O)/C=C/c1ccccc1. The molecule has 0 aliphatic heterocycles. The zero-order valence-corrected chi connectivity index (χ0v) is 13.9. The van der Waals surface area contributed by atoms with Gasteiger partial charge in [-0.05, 0) is 18.4 Å². The van der Waals surface area contributed by atoms with E-state index < -0.39 is 18.2 Å². The van der Waals surface area contributed by atoms with Gasteiger partial charge in [0.05, 0.1) is 19.3 Å². The summed E-state index contributed by atoms with van der Waals surface area (Å²) in [6, 6.07) is 9.20. The van der Waals surface area contributed by atoms with Gasteiger partial charge in [-0.15, -0.1) is 0 Å². The van der Waals surface area contributed by atoms with Gasteiger partial charge in [-0.3, -0.25) is 0 Å². The average Bonchev–Trinajstić information content (AvgIpc) is 2.59. The van der Waals surface area contributed by atoms with E-state index in [1.54, 1.807) is 6.08 Å². The van der Waals surface area contributed by atoms with E-state index in [0.717, 1.165) is 18.4 Å². The number of nitrogens with one attached hydrogen (secondary N) is 1. The van der Waals surface area contributed by atoms with E-state index >= 15 is 0 Å². The van der Waals surface area contributed by atoms with Gasteiger partial charge in [0.2, 0.25) is 0 Å². The van der Waals surface area contributed by atoms with Gasteiger partial charge >= 0.3 is 6.09 Å². The number of ether oxygens (including phenoxy) is 1. The van der Waals surface area contributed by atoms with Crippen LogP contribution in [0.15, 0.2) is 48.6 Å². The number of unbranched alkanes of at least 4 members (excludes halogenated alkanes) is 3. The minimum Gasteiger partial charge on any atom is -0.453 e. The highest BCUT2D eigenvalue weighted by molar-refractivity contribution is 5.68. The molecule has 4 heteroatoms. The molecule has 2 N–H and O–H groups in total. The first-order chi connectivity index (χ1) is 11.2. The van der Waals surface area contributed by atoms with Gasteiger partial charge < -0.3 is 15.2 Å². The van der Waals surface area contributed by atoms with Crippen molar-refractivity contribution in [1.29, 1.82) is 0 Å². The van der Waals surface area contributed by atoms with Crippen molar-refractivity contribution in [3.05, 3.63) is 54.1 Å². The summed E-state index contributed by atoms with van der Waals surface area (Å²) >= 11 is 0. The van der Waals surface area contributed by atoms with Gasteiger partial charge in [-0.2, -0.15) is 0 Å². The third-order valence-corrected chi connectivity index (χ3v) is 3.44. The molecular formula is C19H27NO3. The number of hydrogen-bond donors (Lipinski definition) is 2. The second kappa shape index (κ2) is 11.5. The van der Waals surface area contributed by atoms with Crippen molar-refractivity contribution in [1.82, 2.24) is 5.32 Å². The van der Waals surface area contributed by atoms with E-state index in [4.69, 9.17) is 0 Å². The van der Waals surface area contributed by atoms with Crippen molar-refractivity contribution in [2.45, 2.75) is 44.8 Å². The molecule has 0 saturated carbocycles. The molecule has 0 heterocycles. The summed E-state index contributed by atoms with van der Waals surface area (Å²) in [5.74, 6) is 0. The molecule has 126 valence electrons. The molecule has 0 fully saturated rings. The van der Waals surface area contributed by atoms with Crippen LogP contribution in [0.25, 0.3) is 6.08 Å². The summed E-state index contributed by atoms with van der Waals surface area (Å²) in [5.41, 5.74) is 0.996. The number of aliphatic hydroxyl groups excluding tert-OH is 1. The summed E-state index contributed by atoms with van der Waals surface area (Å²) in [6.07, 6.45) is 10.3. The zero-order valence-electron chi connectivity index (χ0n) is 13.9. The number of alkyl carbamates (subject to hydrolysis) is 1. The fourth-order valence-electron chi connectivity index (χ4n) is 2.09. The fraction of sp³-hybridized carbons (Fsp3) is 0.421. The van der Waals surface area contributed by atoms with Crippen molar-refractivity contribution in [3.8, 4) is 0 Å². The first-order valence-electron chi connectivity index (χ1n) is 8.09.